The van der Waals surface area contributed by atoms with E-state index in [1.807, 2.05) is 67.6 Å². The Morgan fingerprint density at radius 2 is 1.54 bits per heavy atom. The van der Waals surface area contributed by atoms with E-state index in [1.54, 1.807) is 0 Å². The molecule has 5 nitrogen and oxygen atoms in total. The summed E-state index contributed by atoms with van der Waals surface area (Å²) >= 11 is 0. The molecule has 2 aromatic carbocycles. The van der Waals surface area contributed by atoms with Crippen LogP contribution in [-0.4, -0.2) is 42.2 Å². The van der Waals surface area contributed by atoms with E-state index in [0.717, 1.165) is 11.1 Å². The van der Waals surface area contributed by atoms with E-state index in [0.29, 0.717) is 13.2 Å². The van der Waals surface area contributed by atoms with Crippen molar-refractivity contribution in [1.29, 1.82) is 0 Å². The quantitative estimate of drug-likeness (QED) is 0.795. The summed E-state index contributed by atoms with van der Waals surface area (Å²) in [6, 6.07) is 19.7. The SMILES string of the molecule is CC1OC[C@@H](OCc2ccccc2)[C@](O)(CN)C1OCc1ccccc1. The van der Waals surface area contributed by atoms with Crippen LogP contribution in [0.25, 0.3) is 0 Å². The fraction of sp³-hybridized carbons (Fsp3) is 0.429. The molecule has 2 aromatic rings. The summed E-state index contributed by atoms with van der Waals surface area (Å²) in [5.74, 6) is 0. The van der Waals surface area contributed by atoms with E-state index in [-0.39, 0.29) is 19.3 Å². The van der Waals surface area contributed by atoms with Gasteiger partial charge in [-0.25, -0.2) is 0 Å². The first-order chi connectivity index (χ1) is 12.6. The predicted octanol–water partition coefficient (Wildman–Crippen LogP) is 2.27. The molecule has 2 unspecified atom stereocenters. The second kappa shape index (κ2) is 8.75. The van der Waals surface area contributed by atoms with Gasteiger partial charge in [-0.1, -0.05) is 60.7 Å². The maximum Gasteiger partial charge on any atom is 0.134 e. The molecule has 0 aliphatic carbocycles. The van der Waals surface area contributed by atoms with Crippen molar-refractivity contribution in [3.05, 3.63) is 71.8 Å². The highest BCUT2D eigenvalue weighted by Gasteiger charge is 2.51. The maximum absolute atomic E-state index is 11.3. The standard InChI is InChI=1S/C21H27NO4/c1-16-20(26-13-18-10-6-3-7-11-18)21(23,15-22)19(14-24-16)25-12-17-8-4-2-5-9-17/h2-11,16,19-20,23H,12-15,22H2,1H3/t16?,19-,20?,21-/m1/s1. The molecule has 1 aliphatic heterocycles. The number of hydrogen-bond donors (Lipinski definition) is 2. The summed E-state index contributed by atoms with van der Waals surface area (Å²) in [4.78, 5) is 0. The summed E-state index contributed by atoms with van der Waals surface area (Å²) in [5, 5.41) is 11.3. The molecule has 3 N–H and O–H groups in total. The van der Waals surface area contributed by atoms with Crippen molar-refractivity contribution in [3.8, 4) is 0 Å². The summed E-state index contributed by atoms with van der Waals surface area (Å²) in [6.07, 6.45) is -1.39. The molecule has 0 amide bonds. The Morgan fingerprint density at radius 1 is 1.00 bits per heavy atom. The minimum absolute atomic E-state index is 0.0413. The van der Waals surface area contributed by atoms with Crippen molar-refractivity contribution >= 4 is 0 Å². The zero-order valence-electron chi connectivity index (χ0n) is 15.1. The molecule has 1 heterocycles. The van der Waals surface area contributed by atoms with Crippen LogP contribution in [0.4, 0.5) is 0 Å². The fourth-order valence-electron chi connectivity index (χ4n) is 3.31. The predicted molar refractivity (Wildman–Crippen MR) is 99.5 cm³/mol. The Hall–Kier alpha value is -1.76. The van der Waals surface area contributed by atoms with E-state index in [4.69, 9.17) is 19.9 Å². The molecule has 0 spiro atoms. The van der Waals surface area contributed by atoms with E-state index in [2.05, 4.69) is 0 Å². The van der Waals surface area contributed by atoms with E-state index in [9.17, 15) is 5.11 Å². The summed E-state index contributed by atoms with van der Waals surface area (Å²) in [6.45, 7) is 2.99. The molecule has 3 rings (SSSR count). The molecule has 5 heteroatoms. The van der Waals surface area contributed by atoms with Crippen molar-refractivity contribution in [3.63, 3.8) is 0 Å². The Balaban J connectivity index is 1.68. The average molecular weight is 357 g/mol. The lowest BCUT2D eigenvalue weighted by molar-refractivity contribution is -0.263. The topological polar surface area (TPSA) is 73.9 Å². The highest BCUT2D eigenvalue weighted by Crippen LogP contribution is 2.31. The van der Waals surface area contributed by atoms with Crippen LogP contribution in [0.15, 0.2) is 60.7 Å². The molecule has 0 bridgehead atoms. The Kier molecular flexibility index (Phi) is 6.40. The maximum atomic E-state index is 11.3. The van der Waals surface area contributed by atoms with Gasteiger partial charge in [0.2, 0.25) is 0 Å². The van der Waals surface area contributed by atoms with Crippen molar-refractivity contribution in [1.82, 2.24) is 0 Å². The van der Waals surface area contributed by atoms with Crippen LogP contribution in [0.5, 0.6) is 0 Å². The van der Waals surface area contributed by atoms with Gasteiger partial charge >= 0.3 is 0 Å². The molecule has 0 saturated carbocycles. The smallest absolute Gasteiger partial charge is 0.134 e. The first kappa shape index (κ1) is 19.0. The molecule has 4 atom stereocenters. The molecule has 140 valence electrons. The number of aliphatic hydroxyl groups is 1. The van der Waals surface area contributed by atoms with Crippen LogP contribution in [0.2, 0.25) is 0 Å². The minimum Gasteiger partial charge on any atom is -0.383 e. The van der Waals surface area contributed by atoms with Crippen LogP contribution in [0, 0.1) is 0 Å². The first-order valence-corrected chi connectivity index (χ1v) is 8.98. The minimum atomic E-state index is -1.30. The van der Waals surface area contributed by atoms with Crippen LogP contribution >= 0.6 is 0 Å². The molecular formula is C21H27NO4. The van der Waals surface area contributed by atoms with Gasteiger partial charge in [0.15, 0.2) is 0 Å². The summed E-state index contributed by atoms with van der Waals surface area (Å²) in [7, 11) is 0. The van der Waals surface area contributed by atoms with Gasteiger partial charge in [0, 0.05) is 6.54 Å². The van der Waals surface area contributed by atoms with Gasteiger partial charge in [-0.2, -0.15) is 0 Å². The number of nitrogens with two attached hydrogens (primary N) is 1. The molecule has 1 fully saturated rings. The van der Waals surface area contributed by atoms with Crippen LogP contribution in [0.1, 0.15) is 18.1 Å². The third kappa shape index (κ3) is 4.31. The van der Waals surface area contributed by atoms with Crippen molar-refractivity contribution in [2.75, 3.05) is 13.2 Å². The molecule has 0 radical (unpaired) electrons. The second-order valence-electron chi connectivity index (χ2n) is 6.74. The van der Waals surface area contributed by atoms with Gasteiger partial charge < -0.3 is 25.1 Å². The average Bonchev–Trinajstić information content (AvgIpc) is 2.69. The summed E-state index contributed by atoms with van der Waals surface area (Å²) in [5.41, 5.74) is 6.72. The van der Waals surface area contributed by atoms with Crippen molar-refractivity contribution in [2.45, 2.75) is 44.1 Å². The first-order valence-electron chi connectivity index (χ1n) is 8.98. The van der Waals surface area contributed by atoms with E-state index >= 15 is 0 Å². The largest absolute Gasteiger partial charge is 0.383 e. The van der Waals surface area contributed by atoms with Crippen molar-refractivity contribution < 1.29 is 19.3 Å². The number of rotatable bonds is 7. The lowest BCUT2D eigenvalue weighted by Gasteiger charge is -2.47. The Morgan fingerprint density at radius 3 is 2.08 bits per heavy atom. The Bertz CT molecular complexity index is 666. The summed E-state index contributed by atoms with van der Waals surface area (Å²) < 4.78 is 17.8. The van der Waals surface area contributed by atoms with E-state index < -0.39 is 17.8 Å². The monoisotopic (exact) mass is 357 g/mol. The molecule has 0 aromatic heterocycles. The fourth-order valence-corrected chi connectivity index (χ4v) is 3.31. The van der Waals surface area contributed by atoms with Gasteiger partial charge in [0.05, 0.1) is 25.9 Å². The third-order valence-electron chi connectivity index (χ3n) is 4.88. The van der Waals surface area contributed by atoms with Crippen molar-refractivity contribution in [2.24, 2.45) is 5.73 Å². The molecule has 1 saturated heterocycles. The third-order valence-corrected chi connectivity index (χ3v) is 4.88. The van der Waals surface area contributed by atoms with Crippen LogP contribution < -0.4 is 5.73 Å². The molecular weight excluding hydrogens is 330 g/mol. The zero-order valence-corrected chi connectivity index (χ0v) is 15.1. The molecule has 26 heavy (non-hydrogen) atoms. The highest BCUT2D eigenvalue weighted by molar-refractivity contribution is 5.15. The molecule has 1 aliphatic rings. The lowest BCUT2D eigenvalue weighted by Crippen LogP contribution is -2.67. The number of hydrogen-bond acceptors (Lipinski definition) is 5. The lowest BCUT2D eigenvalue weighted by atomic mass is 9.85. The van der Waals surface area contributed by atoms with Crippen LogP contribution in [0.3, 0.4) is 0 Å². The van der Waals surface area contributed by atoms with E-state index in [1.165, 1.54) is 0 Å². The normalized spacial score (nSPS) is 28.8. The number of benzene rings is 2. The Labute approximate surface area is 154 Å². The zero-order chi connectivity index (χ0) is 18.4. The van der Waals surface area contributed by atoms with Gasteiger partial charge in [-0.15, -0.1) is 0 Å². The van der Waals surface area contributed by atoms with Gasteiger partial charge in [-0.3, -0.25) is 0 Å². The van der Waals surface area contributed by atoms with Gasteiger partial charge in [-0.05, 0) is 18.1 Å². The number of ether oxygens (including phenoxy) is 3. The van der Waals surface area contributed by atoms with Crippen LogP contribution in [-0.2, 0) is 27.4 Å². The highest BCUT2D eigenvalue weighted by atomic mass is 16.6. The van der Waals surface area contributed by atoms with Gasteiger partial charge in [0.1, 0.15) is 17.8 Å². The van der Waals surface area contributed by atoms with Gasteiger partial charge in [0.25, 0.3) is 0 Å². The second-order valence-corrected chi connectivity index (χ2v) is 6.74.